The summed E-state index contributed by atoms with van der Waals surface area (Å²) in [6.07, 6.45) is 1.77. The van der Waals surface area contributed by atoms with Gasteiger partial charge in [-0.3, -0.25) is 24.1 Å². The highest BCUT2D eigenvalue weighted by Crippen LogP contribution is 2.31. The fourth-order valence-corrected chi connectivity index (χ4v) is 4.83. The number of nitrogens with zero attached hydrogens (tertiary/aromatic N) is 1. The molecule has 1 atom stereocenters. The fourth-order valence-electron chi connectivity index (χ4n) is 3.46. The molecule has 3 aromatic carbocycles. The Bertz CT molecular complexity index is 1330. The molecule has 0 radical (unpaired) electrons. The van der Waals surface area contributed by atoms with E-state index in [1.165, 1.54) is 18.8 Å². The van der Waals surface area contributed by atoms with Crippen molar-refractivity contribution < 1.29 is 19.2 Å². The predicted molar refractivity (Wildman–Crippen MR) is 143 cm³/mol. The van der Waals surface area contributed by atoms with Crippen molar-refractivity contribution >= 4 is 63.1 Å². The molecule has 1 aliphatic heterocycles. The molecule has 0 saturated carbocycles. The lowest BCUT2D eigenvalue weighted by Gasteiger charge is -2.12. The maximum Gasteiger partial charge on any atom is 0.272 e. The molecule has 1 heterocycles. The smallest absolute Gasteiger partial charge is 0.272 e. The van der Waals surface area contributed by atoms with E-state index < -0.39 is 17.1 Å². The average molecular weight is 564 g/mol. The first kappa shape index (κ1) is 25.4. The standard InChI is InChI=1S/C27H22BrN3O4S/c1-31-24(32)16-23(27(31)35)36-21-13-11-20(12-14-21)29-26(34)22(15-17-7-9-19(28)10-8-17)30-25(33)18-5-3-2-4-6-18/h2-15,23H,16H2,1H3,(H,29,34)(H,30,33)/b22-15-. The number of hydrogen-bond acceptors (Lipinski definition) is 5. The summed E-state index contributed by atoms with van der Waals surface area (Å²) in [7, 11) is 1.49. The average Bonchev–Trinajstić information content (AvgIpc) is 3.12. The van der Waals surface area contributed by atoms with Crippen molar-refractivity contribution in [1.82, 2.24) is 10.2 Å². The molecule has 1 saturated heterocycles. The number of anilines is 1. The van der Waals surface area contributed by atoms with Crippen LogP contribution in [0.15, 0.2) is 93.9 Å². The predicted octanol–water partition coefficient (Wildman–Crippen LogP) is 4.71. The van der Waals surface area contributed by atoms with E-state index in [2.05, 4.69) is 26.6 Å². The van der Waals surface area contributed by atoms with Crippen molar-refractivity contribution in [1.29, 1.82) is 0 Å². The number of benzene rings is 3. The second-order valence-corrected chi connectivity index (χ2v) is 10.2. The minimum Gasteiger partial charge on any atom is -0.321 e. The van der Waals surface area contributed by atoms with Gasteiger partial charge in [0.2, 0.25) is 11.8 Å². The number of hydrogen-bond donors (Lipinski definition) is 2. The fraction of sp³-hybridized carbons (Fsp3) is 0.111. The van der Waals surface area contributed by atoms with Crippen LogP contribution in [0.25, 0.3) is 6.08 Å². The van der Waals surface area contributed by atoms with E-state index in [9.17, 15) is 19.2 Å². The summed E-state index contributed by atoms with van der Waals surface area (Å²) >= 11 is 4.70. The van der Waals surface area contributed by atoms with Gasteiger partial charge < -0.3 is 10.6 Å². The van der Waals surface area contributed by atoms with Crippen LogP contribution in [-0.4, -0.2) is 40.8 Å². The molecule has 182 valence electrons. The van der Waals surface area contributed by atoms with E-state index in [1.807, 2.05) is 30.3 Å². The Morgan fingerprint density at radius 2 is 1.64 bits per heavy atom. The number of halogens is 1. The molecule has 0 spiro atoms. The van der Waals surface area contributed by atoms with Gasteiger partial charge in [-0.1, -0.05) is 46.3 Å². The van der Waals surface area contributed by atoms with Gasteiger partial charge in [-0.25, -0.2) is 0 Å². The zero-order chi connectivity index (χ0) is 25.7. The third-order valence-corrected chi connectivity index (χ3v) is 7.17. The molecule has 0 aliphatic carbocycles. The molecular weight excluding hydrogens is 542 g/mol. The molecule has 9 heteroatoms. The molecule has 36 heavy (non-hydrogen) atoms. The molecule has 1 unspecified atom stereocenters. The minimum atomic E-state index is -0.485. The van der Waals surface area contributed by atoms with E-state index >= 15 is 0 Å². The first-order chi connectivity index (χ1) is 17.3. The third kappa shape index (κ3) is 6.30. The summed E-state index contributed by atoms with van der Waals surface area (Å²) in [5.41, 5.74) is 1.77. The molecule has 7 nitrogen and oxygen atoms in total. The van der Waals surface area contributed by atoms with Gasteiger partial charge in [0.05, 0.1) is 5.25 Å². The van der Waals surface area contributed by atoms with Crippen molar-refractivity contribution in [3.8, 4) is 0 Å². The quantitative estimate of drug-likeness (QED) is 0.320. The summed E-state index contributed by atoms with van der Waals surface area (Å²) < 4.78 is 0.896. The van der Waals surface area contributed by atoms with Gasteiger partial charge in [-0.05, 0) is 60.2 Å². The number of imide groups is 1. The summed E-state index contributed by atoms with van der Waals surface area (Å²) in [4.78, 5) is 51.7. The van der Waals surface area contributed by atoms with Crippen LogP contribution < -0.4 is 10.6 Å². The molecule has 2 N–H and O–H groups in total. The lowest BCUT2D eigenvalue weighted by molar-refractivity contribution is -0.136. The van der Waals surface area contributed by atoms with E-state index in [-0.39, 0.29) is 23.9 Å². The number of thioether (sulfide) groups is 1. The van der Waals surface area contributed by atoms with Crippen LogP contribution in [0.4, 0.5) is 5.69 Å². The van der Waals surface area contributed by atoms with E-state index in [4.69, 9.17) is 0 Å². The summed E-state index contributed by atoms with van der Waals surface area (Å²) in [5, 5.41) is 5.07. The zero-order valence-electron chi connectivity index (χ0n) is 19.2. The van der Waals surface area contributed by atoms with Gasteiger partial charge >= 0.3 is 0 Å². The molecule has 1 fully saturated rings. The highest BCUT2D eigenvalue weighted by Gasteiger charge is 2.36. The van der Waals surface area contributed by atoms with Crippen molar-refractivity contribution in [2.75, 3.05) is 12.4 Å². The van der Waals surface area contributed by atoms with E-state index in [0.29, 0.717) is 11.3 Å². The Morgan fingerprint density at radius 3 is 2.25 bits per heavy atom. The topological polar surface area (TPSA) is 95.6 Å². The number of rotatable bonds is 7. The van der Waals surface area contributed by atoms with E-state index in [0.717, 1.165) is 19.8 Å². The van der Waals surface area contributed by atoms with Crippen molar-refractivity contribution in [2.24, 2.45) is 0 Å². The second-order valence-electron chi connectivity index (χ2n) is 8.01. The van der Waals surface area contributed by atoms with Crippen LogP contribution in [0.3, 0.4) is 0 Å². The first-order valence-corrected chi connectivity index (χ1v) is 12.7. The van der Waals surface area contributed by atoms with Crippen LogP contribution in [0.5, 0.6) is 0 Å². The van der Waals surface area contributed by atoms with Gasteiger partial charge in [-0.15, -0.1) is 11.8 Å². The Hall–Kier alpha value is -3.69. The number of nitrogens with one attached hydrogen (secondary N) is 2. The largest absolute Gasteiger partial charge is 0.321 e. The van der Waals surface area contributed by atoms with Crippen molar-refractivity contribution in [2.45, 2.75) is 16.6 Å². The van der Waals surface area contributed by atoms with Crippen LogP contribution in [0.2, 0.25) is 0 Å². The highest BCUT2D eigenvalue weighted by molar-refractivity contribution is 9.10. The van der Waals surface area contributed by atoms with Gasteiger partial charge in [0, 0.05) is 34.1 Å². The Kier molecular flexibility index (Phi) is 8.02. The minimum absolute atomic E-state index is 0.0859. The molecular formula is C27H22BrN3O4S. The SMILES string of the molecule is CN1C(=O)CC(Sc2ccc(NC(=O)/C(=C/c3ccc(Br)cc3)NC(=O)c3ccccc3)cc2)C1=O. The van der Waals surface area contributed by atoms with Gasteiger partial charge in [0.15, 0.2) is 0 Å². The Labute approximate surface area is 221 Å². The molecule has 3 aromatic rings. The van der Waals surface area contributed by atoms with Crippen molar-refractivity contribution in [3.05, 3.63) is 100 Å². The molecule has 0 bridgehead atoms. The lowest BCUT2D eigenvalue weighted by Crippen LogP contribution is -2.30. The van der Waals surface area contributed by atoms with Crippen LogP contribution in [0.1, 0.15) is 22.3 Å². The monoisotopic (exact) mass is 563 g/mol. The third-order valence-electron chi connectivity index (χ3n) is 5.44. The van der Waals surface area contributed by atoms with Gasteiger partial charge in [0.1, 0.15) is 5.70 Å². The highest BCUT2D eigenvalue weighted by atomic mass is 79.9. The van der Waals surface area contributed by atoms with Crippen molar-refractivity contribution in [3.63, 3.8) is 0 Å². The number of amides is 4. The summed E-state index contributed by atoms with van der Waals surface area (Å²) in [6, 6.07) is 22.9. The van der Waals surface area contributed by atoms with Crippen LogP contribution >= 0.6 is 27.7 Å². The molecule has 0 aromatic heterocycles. The molecule has 4 rings (SSSR count). The maximum atomic E-state index is 13.1. The van der Waals surface area contributed by atoms with Crippen LogP contribution in [0, 0.1) is 0 Å². The van der Waals surface area contributed by atoms with Gasteiger partial charge in [0.25, 0.3) is 11.8 Å². The van der Waals surface area contributed by atoms with Crippen LogP contribution in [-0.2, 0) is 14.4 Å². The number of carbonyl (C=O) groups is 4. The molecule has 1 aliphatic rings. The lowest BCUT2D eigenvalue weighted by atomic mass is 10.1. The van der Waals surface area contributed by atoms with E-state index in [1.54, 1.807) is 54.6 Å². The van der Waals surface area contributed by atoms with Gasteiger partial charge in [-0.2, -0.15) is 0 Å². The Morgan fingerprint density at radius 1 is 0.972 bits per heavy atom. The zero-order valence-corrected chi connectivity index (χ0v) is 21.6. The second kappa shape index (κ2) is 11.4. The number of carbonyl (C=O) groups excluding carboxylic acids is 4. The maximum absolute atomic E-state index is 13.1. The summed E-state index contributed by atoms with van der Waals surface area (Å²) in [5.74, 6) is -1.29. The molecule has 4 amide bonds. The number of likely N-dealkylation sites (tertiary alicyclic amines) is 1. The Balaban J connectivity index is 1.49. The summed E-state index contributed by atoms with van der Waals surface area (Å²) in [6.45, 7) is 0. The normalized spacial score (nSPS) is 15.7. The first-order valence-electron chi connectivity index (χ1n) is 11.0.